The normalized spacial score (nSPS) is 10.7. The summed E-state index contributed by atoms with van der Waals surface area (Å²) in [4.78, 5) is 11.6. The lowest BCUT2D eigenvalue weighted by Crippen LogP contribution is -2.20. The van der Waals surface area contributed by atoms with Gasteiger partial charge in [0.1, 0.15) is 5.82 Å². The summed E-state index contributed by atoms with van der Waals surface area (Å²) in [5.74, 6) is -0.552. The third-order valence-corrected chi connectivity index (χ3v) is 2.92. The highest BCUT2D eigenvalue weighted by atomic mass is 19.1. The van der Waals surface area contributed by atoms with Gasteiger partial charge < -0.3 is 5.32 Å². The fraction of sp³-hybridized carbons (Fsp3) is 0.118. The standard InChI is InChI=1S/C17H16FNO/c1-13-6-8-14(9-7-13)10-11-17(20)19-12-15-4-2-3-5-16(15)18/h2-11H,12H2,1H3,(H,19,20)/b11-10+. The number of carbonyl (C=O) groups is 1. The van der Waals surface area contributed by atoms with Crippen LogP contribution in [-0.2, 0) is 11.3 Å². The number of nitrogens with one attached hydrogen (secondary N) is 1. The van der Waals surface area contributed by atoms with Gasteiger partial charge in [0.05, 0.1) is 0 Å². The zero-order chi connectivity index (χ0) is 14.4. The van der Waals surface area contributed by atoms with Crippen LogP contribution >= 0.6 is 0 Å². The molecule has 0 bridgehead atoms. The molecule has 0 fully saturated rings. The second kappa shape index (κ2) is 6.66. The summed E-state index contributed by atoms with van der Waals surface area (Å²) in [6.07, 6.45) is 3.18. The van der Waals surface area contributed by atoms with Crippen molar-refractivity contribution in [3.05, 3.63) is 77.1 Å². The predicted octanol–water partition coefficient (Wildman–Crippen LogP) is 3.46. The van der Waals surface area contributed by atoms with Crippen molar-refractivity contribution in [1.82, 2.24) is 5.32 Å². The molecule has 0 unspecified atom stereocenters. The molecule has 0 aliphatic rings. The van der Waals surface area contributed by atoms with Gasteiger partial charge in [-0.2, -0.15) is 0 Å². The van der Waals surface area contributed by atoms with Crippen molar-refractivity contribution >= 4 is 12.0 Å². The summed E-state index contributed by atoms with van der Waals surface area (Å²) >= 11 is 0. The fourth-order valence-corrected chi connectivity index (χ4v) is 1.73. The maximum absolute atomic E-state index is 13.4. The molecule has 0 saturated carbocycles. The van der Waals surface area contributed by atoms with E-state index in [1.165, 1.54) is 17.7 Å². The lowest BCUT2D eigenvalue weighted by atomic mass is 10.1. The minimum absolute atomic E-state index is 0.184. The number of aryl methyl sites for hydroxylation is 1. The highest BCUT2D eigenvalue weighted by Crippen LogP contribution is 2.06. The van der Waals surface area contributed by atoms with Gasteiger partial charge in [0, 0.05) is 18.2 Å². The van der Waals surface area contributed by atoms with Gasteiger partial charge in [-0.25, -0.2) is 4.39 Å². The molecule has 2 nitrogen and oxygen atoms in total. The van der Waals surface area contributed by atoms with Crippen molar-refractivity contribution in [3.63, 3.8) is 0 Å². The molecule has 1 amide bonds. The third kappa shape index (κ3) is 4.05. The van der Waals surface area contributed by atoms with Gasteiger partial charge in [0.15, 0.2) is 0 Å². The lowest BCUT2D eigenvalue weighted by molar-refractivity contribution is -0.116. The fourth-order valence-electron chi connectivity index (χ4n) is 1.73. The molecule has 0 aromatic heterocycles. The molecule has 0 atom stereocenters. The monoisotopic (exact) mass is 269 g/mol. The van der Waals surface area contributed by atoms with Gasteiger partial charge in [-0.1, -0.05) is 48.0 Å². The van der Waals surface area contributed by atoms with E-state index in [2.05, 4.69) is 5.32 Å². The molecule has 0 radical (unpaired) electrons. The molecule has 0 aliphatic carbocycles. The highest BCUT2D eigenvalue weighted by Gasteiger charge is 2.01. The van der Waals surface area contributed by atoms with E-state index in [0.29, 0.717) is 5.56 Å². The summed E-state index contributed by atoms with van der Waals surface area (Å²) in [5.41, 5.74) is 2.60. The number of rotatable bonds is 4. The molecular formula is C17H16FNO. The molecule has 0 saturated heterocycles. The second-order valence-corrected chi connectivity index (χ2v) is 4.55. The van der Waals surface area contributed by atoms with E-state index >= 15 is 0 Å². The van der Waals surface area contributed by atoms with Crippen LogP contribution in [0.4, 0.5) is 4.39 Å². The maximum atomic E-state index is 13.4. The molecular weight excluding hydrogens is 253 g/mol. The minimum Gasteiger partial charge on any atom is -0.348 e. The second-order valence-electron chi connectivity index (χ2n) is 4.55. The largest absolute Gasteiger partial charge is 0.348 e. The molecule has 0 spiro atoms. The smallest absolute Gasteiger partial charge is 0.244 e. The van der Waals surface area contributed by atoms with E-state index in [0.717, 1.165) is 5.56 Å². The zero-order valence-electron chi connectivity index (χ0n) is 11.3. The Hall–Kier alpha value is -2.42. The summed E-state index contributed by atoms with van der Waals surface area (Å²) < 4.78 is 13.4. The van der Waals surface area contributed by atoms with E-state index in [1.807, 2.05) is 31.2 Å². The molecule has 2 aromatic rings. The number of halogens is 1. The minimum atomic E-state index is -0.310. The zero-order valence-corrected chi connectivity index (χ0v) is 11.3. The van der Waals surface area contributed by atoms with Crippen molar-refractivity contribution in [2.24, 2.45) is 0 Å². The van der Waals surface area contributed by atoms with E-state index in [9.17, 15) is 9.18 Å². The number of hydrogen-bond acceptors (Lipinski definition) is 1. The van der Waals surface area contributed by atoms with E-state index in [4.69, 9.17) is 0 Å². The summed E-state index contributed by atoms with van der Waals surface area (Å²) in [6, 6.07) is 14.2. The lowest BCUT2D eigenvalue weighted by Gasteiger charge is -2.03. The Morgan fingerprint density at radius 2 is 1.85 bits per heavy atom. The molecule has 3 heteroatoms. The molecule has 2 rings (SSSR count). The Labute approximate surface area is 118 Å². The van der Waals surface area contributed by atoms with Gasteiger partial charge in [-0.05, 0) is 24.6 Å². The Morgan fingerprint density at radius 3 is 2.55 bits per heavy atom. The quantitative estimate of drug-likeness (QED) is 0.846. The average molecular weight is 269 g/mol. The van der Waals surface area contributed by atoms with Crippen LogP contribution in [0.5, 0.6) is 0 Å². The van der Waals surface area contributed by atoms with Crippen molar-refractivity contribution in [2.75, 3.05) is 0 Å². The Balaban J connectivity index is 1.90. The van der Waals surface area contributed by atoms with Crippen LogP contribution in [0.25, 0.3) is 6.08 Å². The molecule has 0 heterocycles. The van der Waals surface area contributed by atoms with Gasteiger partial charge in [0.2, 0.25) is 5.91 Å². The van der Waals surface area contributed by atoms with E-state index in [1.54, 1.807) is 24.3 Å². The first-order valence-electron chi connectivity index (χ1n) is 6.41. The number of carbonyl (C=O) groups excluding carboxylic acids is 1. The topological polar surface area (TPSA) is 29.1 Å². The first kappa shape index (κ1) is 14.0. The van der Waals surface area contributed by atoms with Crippen molar-refractivity contribution in [1.29, 1.82) is 0 Å². The van der Waals surface area contributed by atoms with Crippen LogP contribution in [0.1, 0.15) is 16.7 Å². The Morgan fingerprint density at radius 1 is 1.15 bits per heavy atom. The van der Waals surface area contributed by atoms with Crippen LogP contribution in [0.3, 0.4) is 0 Å². The first-order chi connectivity index (χ1) is 9.65. The van der Waals surface area contributed by atoms with Crippen LogP contribution < -0.4 is 5.32 Å². The molecule has 102 valence electrons. The van der Waals surface area contributed by atoms with Gasteiger partial charge in [-0.3, -0.25) is 4.79 Å². The number of benzene rings is 2. The number of amides is 1. The molecule has 1 N–H and O–H groups in total. The predicted molar refractivity (Wildman–Crippen MR) is 78.5 cm³/mol. The third-order valence-electron chi connectivity index (χ3n) is 2.92. The van der Waals surface area contributed by atoms with Crippen molar-refractivity contribution < 1.29 is 9.18 Å². The Kier molecular flexibility index (Phi) is 4.66. The summed E-state index contributed by atoms with van der Waals surface area (Å²) in [6.45, 7) is 2.19. The van der Waals surface area contributed by atoms with Gasteiger partial charge in [0.25, 0.3) is 0 Å². The average Bonchev–Trinajstić information content (AvgIpc) is 2.46. The molecule has 20 heavy (non-hydrogen) atoms. The number of hydrogen-bond donors (Lipinski definition) is 1. The molecule has 0 aliphatic heterocycles. The first-order valence-corrected chi connectivity index (χ1v) is 6.41. The Bertz CT molecular complexity index is 617. The maximum Gasteiger partial charge on any atom is 0.244 e. The molecule has 2 aromatic carbocycles. The van der Waals surface area contributed by atoms with Crippen LogP contribution in [-0.4, -0.2) is 5.91 Å². The van der Waals surface area contributed by atoms with Crippen molar-refractivity contribution in [2.45, 2.75) is 13.5 Å². The van der Waals surface area contributed by atoms with Crippen LogP contribution in [0.2, 0.25) is 0 Å². The van der Waals surface area contributed by atoms with Gasteiger partial charge >= 0.3 is 0 Å². The van der Waals surface area contributed by atoms with Gasteiger partial charge in [-0.15, -0.1) is 0 Å². The van der Waals surface area contributed by atoms with Crippen LogP contribution in [0, 0.1) is 12.7 Å². The van der Waals surface area contributed by atoms with Crippen LogP contribution in [0.15, 0.2) is 54.6 Å². The van der Waals surface area contributed by atoms with E-state index < -0.39 is 0 Å². The summed E-state index contributed by atoms with van der Waals surface area (Å²) in [7, 11) is 0. The van der Waals surface area contributed by atoms with E-state index in [-0.39, 0.29) is 18.3 Å². The van der Waals surface area contributed by atoms with Crippen molar-refractivity contribution in [3.8, 4) is 0 Å². The SMILES string of the molecule is Cc1ccc(/C=C/C(=O)NCc2ccccc2F)cc1. The highest BCUT2D eigenvalue weighted by molar-refractivity contribution is 5.91. The summed E-state index contributed by atoms with van der Waals surface area (Å²) in [5, 5.41) is 2.66.